The molecule has 3 fully saturated rings. The third-order valence-corrected chi connectivity index (χ3v) is 11.5. The van der Waals surface area contributed by atoms with E-state index in [1.807, 2.05) is 27.7 Å². The molecule has 2 saturated carbocycles. The molecule has 0 aromatic carbocycles. The highest BCUT2D eigenvalue weighted by molar-refractivity contribution is 5.28. The van der Waals surface area contributed by atoms with Crippen LogP contribution in [0.25, 0.3) is 0 Å². The van der Waals surface area contributed by atoms with Gasteiger partial charge in [0.25, 0.3) is 0 Å². The van der Waals surface area contributed by atoms with E-state index in [2.05, 4.69) is 27.7 Å². The fourth-order valence-corrected chi connectivity index (χ4v) is 8.98. The first-order valence-electron chi connectivity index (χ1n) is 14.1. The van der Waals surface area contributed by atoms with Crippen molar-refractivity contribution in [1.82, 2.24) is 0 Å². The zero-order valence-electron chi connectivity index (χ0n) is 23.5. The Kier molecular flexibility index (Phi) is 6.93. The first-order valence-corrected chi connectivity index (χ1v) is 14.1. The van der Waals surface area contributed by atoms with Crippen LogP contribution in [0, 0.1) is 28.6 Å². The van der Waals surface area contributed by atoms with Gasteiger partial charge in [-0.3, -0.25) is 0 Å². The largest absolute Gasteiger partial charge is 0.390 e. The number of aliphatic hydroxyl groups is 4. The minimum Gasteiger partial charge on any atom is -0.390 e. The summed E-state index contributed by atoms with van der Waals surface area (Å²) in [6.07, 6.45) is 6.04. The van der Waals surface area contributed by atoms with Gasteiger partial charge in [0, 0.05) is 0 Å². The standard InChI is InChI=1S/C30H52O5/c1-18-19(26(2,3)20-11-15-29(7,33)21(20)17-22(18)31)9-10-23-28(6)14-12-24(32)27(4,5)35-25(28)13-16-30(23,8)34/h20-25,31-34H,9-17H2,1-8H3/t20-,21-,22+,23-,24-,25-,28-,29-,30+/m1/s1. The molecule has 0 spiro atoms. The monoisotopic (exact) mass is 492 g/mol. The van der Waals surface area contributed by atoms with Crippen molar-refractivity contribution < 1.29 is 25.2 Å². The molecule has 1 saturated heterocycles. The lowest BCUT2D eigenvalue weighted by atomic mass is 9.55. The highest BCUT2D eigenvalue weighted by Crippen LogP contribution is 2.59. The second-order valence-electron chi connectivity index (χ2n) is 14.5. The fraction of sp³-hybridized carbons (Fsp3) is 0.933. The molecule has 0 aromatic rings. The number of hydrogen-bond acceptors (Lipinski definition) is 5. The Morgan fingerprint density at radius 1 is 0.829 bits per heavy atom. The second kappa shape index (κ2) is 8.80. The summed E-state index contributed by atoms with van der Waals surface area (Å²) in [5.74, 6) is 0.472. The van der Waals surface area contributed by atoms with Crippen molar-refractivity contribution in [2.24, 2.45) is 28.6 Å². The number of fused-ring (bicyclic) bond motifs is 2. The van der Waals surface area contributed by atoms with Crippen molar-refractivity contribution >= 4 is 0 Å². The Hall–Kier alpha value is -0.460. The van der Waals surface area contributed by atoms with Gasteiger partial charge in [-0.1, -0.05) is 26.3 Å². The molecular weight excluding hydrogens is 440 g/mol. The molecule has 3 aliphatic carbocycles. The molecule has 1 heterocycles. The van der Waals surface area contributed by atoms with Crippen LogP contribution in [-0.4, -0.2) is 55.5 Å². The van der Waals surface area contributed by atoms with Gasteiger partial charge in [0.15, 0.2) is 0 Å². The minimum absolute atomic E-state index is 0.0111. The Morgan fingerprint density at radius 2 is 1.46 bits per heavy atom. The Morgan fingerprint density at radius 3 is 2.11 bits per heavy atom. The second-order valence-corrected chi connectivity index (χ2v) is 14.5. The van der Waals surface area contributed by atoms with Crippen molar-refractivity contribution in [2.75, 3.05) is 0 Å². The molecule has 4 aliphatic rings. The molecule has 202 valence electrons. The van der Waals surface area contributed by atoms with Crippen molar-refractivity contribution in [3.8, 4) is 0 Å². The van der Waals surface area contributed by atoms with E-state index in [4.69, 9.17) is 4.74 Å². The Bertz CT molecular complexity index is 840. The summed E-state index contributed by atoms with van der Waals surface area (Å²) in [5.41, 5.74) is -0.0775. The maximum absolute atomic E-state index is 11.7. The van der Waals surface area contributed by atoms with Gasteiger partial charge in [0.1, 0.15) is 0 Å². The van der Waals surface area contributed by atoms with Gasteiger partial charge >= 0.3 is 0 Å². The molecule has 0 radical (unpaired) electrons. The van der Waals surface area contributed by atoms with Gasteiger partial charge in [-0.15, -0.1) is 0 Å². The lowest BCUT2D eigenvalue weighted by Gasteiger charge is -2.54. The summed E-state index contributed by atoms with van der Waals surface area (Å²) < 4.78 is 6.57. The number of rotatable bonds is 3. The molecule has 0 aromatic heterocycles. The Labute approximate surface area is 213 Å². The molecule has 4 rings (SSSR count). The van der Waals surface area contributed by atoms with E-state index < -0.39 is 29.0 Å². The molecule has 5 nitrogen and oxygen atoms in total. The lowest BCUT2D eigenvalue weighted by Crippen LogP contribution is -2.56. The van der Waals surface area contributed by atoms with E-state index in [-0.39, 0.29) is 28.8 Å². The molecule has 1 aliphatic heterocycles. The van der Waals surface area contributed by atoms with Crippen LogP contribution in [0.3, 0.4) is 0 Å². The summed E-state index contributed by atoms with van der Waals surface area (Å²) in [6.45, 7) is 16.9. The lowest BCUT2D eigenvalue weighted by molar-refractivity contribution is -0.205. The van der Waals surface area contributed by atoms with Crippen LogP contribution < -0.4 is 0 Å². The van der Waals surface area contributed by atoms with E-state index in [0.29, 0.717) is 25.2 Å². The molecule has 0 amide bonds. The highest BCUT2D eigenvalue weighted by Gasteiger charge is 2.57. The normalized spacial score (nSPS) is 49.7. The van der Waals surface area contributed by atoms with E-state index in [0.717, 1.165) is 44.1 Å². The molecule has 35 heavy (non-hydrogen) atoms. The number of hydrogen-bond donors (Lipinski definition) is 4. The smallest absolute Gasteiger partial charge is 0.0888 e. The first kappa shape index (κ1) is 27.6. The SMILES string of the molecule is CC1=C(CC[C@@H]2[C@@]3(C)CC[C@@H](O)C(C)(C)O[C@@H]3CC[C@]2(C)O)C(C)(C)[C@@H]2CC[C@@](C)(O)[C@@H]2C[C@@H]1O. The minimum atomic E-state index is -0.796. The summed E-state index contributed by atoms with van der Waals surface area (Å²) >= 11 is 0. The molecule has 0 bridgehead atoms. The summed E-state index contributed by atoms with van der Waals surface area (Å²) in [5, 5.41) is 44.7. The van der Waals surface area contributed by atoms with E-state index in [9.17, 15) is 20.4 Å². The first-order chi connectivity index (χ1) is 15.9. The van der Waals surface area contributed by atoms with E-state index in [1.165, 1.54) is 5.57 Å². The molecule has 5 heteroatoms. The van der Waals surface area contributed by atoms with Crippen molar-refractivity contribution in [3.63, 3.8) is 0 Å². The summed E-state index contributed by atoms with van der Waals surface area (Å²) in [6, 6.07) is 0. The van der Waals surface area contributed by atoms with Crippen molar-refractivity contribution in [3.05, 3.63) is 11.1 Å². The van der Waals surface area contributed by atoms with Gasteiger partial charge in [-0.2, -0.15) is 0 Å². The third-order valence-electron chi connectivity index (χ3n) is 11.5. The van der Waals surface area contributed by atoms with Gasteiger partial charge < -0.3 is 25.2 Å². The third kappa shape index (κ3) is 4.56. The predicted molar refractivity (Wildman–Crippen MR) is 139 cm³/mol. The van der Waals surface area contributed by atoms with Crippen LogP contribution in [0.5, 0.6) is 0 Å². The van der Waals surface area contributed by atoms with Crippen molar-refractivity contribution in [2.45, 2.75) is 148 Å². The maximum atomic E-state index is 11.7. The molecule has 4 N–H and O–H groups in total. The van der Waals surface area contributed by atoms with Crippen LogP contribution in [0.4, 0.5) is 0 Å². The summed E-state index contributed by atoms with van der Waals surface area (Å²) in [4.78, 5) is 0. The fourth-order valence-electron chi connectivity index (χ4n) is 8.98. The van der Waals surface area contributed by atoms with Crippen molar-refractivity contribution in [1.29, 1.82) is 0 Å². The van der Waals surface area contributed by atoms with E-state index in [1.54, 1.807) is 0 Å². The maximum Gasteiger partial charge on any atom is 0.0888 e. The zero-order valence-corrected chi connectivity index (χ0v) is 23.5. The highest BCUT2D eigenvalue weighted by atomic mass is 16.5. The topological polar surface area (TPSA) is 90.2 Å². The van der Waals surface area contributed by atoms with Crippen LogP contribution in [0.15, 0.2) is 11.1 Å². The Balaban J connectivity index is 1.64. The zero-order chi connectivity index (χ0) is 26.2. The van der Waals surface area contributed by atoms with Gasteiger partial charge in [0.05, 0.1) is 35.1 Å². The predicted octanol–water partition coefficient (Wildman–Crippen LogP) is 5.14. The quantitative estimate of drug-likeness (QED) is 0.410. The number of aliphatic hydroxyl groups excluding tert-OH is 2. The van der Waals surface area contributed by atoms with Gasteiger partial charge in [-0.25, -0.2) is 0 Å². The molecule has 9 atom stereocenters. The average molecular weight is 493 g/mol. The number of allylic oxidation sites excluding steroid dienone is 1. The van der Waals surface area contributed by atoms with Crippen LogP contribution in [0.1, 0.15) is 113 Å². The van der Waals surface area contributed by atoms with Gasteiger partial charge in [0.2, 0.25) is 0 Å². The van der Waals surface area contributed by atoms with Crippen LogP contribution in [0.2, 0.25) is 0 Å². The average Bonchev–Trinajstić information content (AvgIpc) is 2.96. The molecule has 0 unspecified atom stereocenters. The van der Waals surface area contributed by atoms with Crippen LogP contribution in [-0.2, 0) is 4.74 Å². The number of ether oxygens (including phenoxy) is 1. The van der Waals surface area contributed by atoms with E-state index >= 15 is 0 Å². The molecular formula is C30H52O5. The summed E-state index contributed by atoms with van der Waals surface area (Å²) in [7, 11) is 0. The van der Waals surface area contributed by atoms with Gasteiger partial charge in [-0.05, 0) is 127 Å². The van der Waals surface area contributed by atoms with Crippen LogP contribution >= 0.6 is 0 Å².